The van der Waals surface area contributed by atoms with Crippen molar-refractivity contribution in [1.82, 2.24) is 5.32 Å². The molecular formula is C23H27ClN2O2. The zero-order valence-electron chi connectivity index (χ0n) is 16.5. The van der Waals surface area contributed by atoms with Crippen LogP contribution in [0.25, 0.3) is 0 Å². The van der Waals surface area contributed by atoms with Crippen molar-refractivity contribution in [2.75, 3.05) is 13.7 Å². The van der Waals surface area contributed by atoms with Gasteiger partial charge in [-0.15, -0.1) is 0 Å². The molecule has 28 heavy (non-hydrogen) atoms. The lowest BCUT2D eigenvalue weighted by atomic mass is 9.89. The number of nitrogens with zero attached hydrogens (tertiary/aromatic N) is 1. The molecule has 2 aromatic carbocycles. The predicted octanol–water partition coefficient (Wildman–Crippen LogP) is 5.40. The van der Waals surface area contributed by atoms with E-state index in [1.54, 1.807) is 7.11 Å². The van der Waals surface area contributed by atoms with Crippen LogP contribution in [0.1, 0.15) is 49.8 Å². The summed E-state index contributed by atoms with van der Waals surface area (Å²) in [5.74, 6) is 3.13. The third-order valence-corrected chi connectivity index (χ3v) is 6.03. The van der Waals surface area contributed by atoms with Crippen LogP contribution in [0.15, 0.2) is 47.5 Å². The summed E-state index contributed by atoms with van der Waals surface area (Å²) in [4.78, 5) is 5.12. The highest BCUT2D eigenvalue weighted by atomic mass is 35.5. The van der Waals surface area contributed by atoms with E-state index >= 15 is 0 Å². The molecule has 0 amide bonds. The summed E-state index contributed by atoms with van der Waals surface area (Å²) < 4.78 is 11.3. The normalized spacial score (nSPS) is 22.0. The van der Waals surface area contributed by atoms with Crippen molar-refractivity contribution in [2.45, 2.75) is 44.7 Å². The number of nitrogens with one attached hydrogen (secondary N) is 1. The van der Waals surface area contributed by atoms with Crippen LogP contribution in [-0.4, -0.2) is 25.6 Å². The Morgan fingerprint density at radius 3 is 2.54 bits per heavy atom. The SMILES string of the molecule is CCOc1cc(OC)ccc1C1=N[C@@H](c2ccc(Cl)cc2)[C@@H](C2CCCC2)N1. The van der Waals surface area contributed by atoms with Gasteiger partial charge in [-0.1, -0.05) is 36.6 Å². The number of halogens is 1. The van der Waals surface area contributed by atoms with Gasteiger partial charge in [-0.2, -0.15) is 0 Å². The van der Waals surface area contributed by atoms with E-state index in [1.165, 1.54) is 31.2 Å². The van der Waals surface area contributed by atoms with E-state index in [1.807, 2.05) is 37.3 Å². The van der Waals surface area contributed by atoms with E-state index in [-0.39, 0.29) is 6.04 Å². The molecule has 0 saturated heterocycles. The Hall–Kier alpha value is -2.20. The molecule has 1 aliphatic carbocycles. The summed E-state index contributed by atoms with van der Waals surface area (Å²) in [5.41, 5.74) is 2.19. The first-order valence-corrected chi connectivity index (χ1v) is 10.5. The average Bonchev–Trinajstić information content (AvgIpc) is 3.38. The Bertz CT molecular complexity index is 844. The average molecular weight is 399 g/mol. The largest absolute Gasteiger partial charge is 0.497 e. The minimum absolute atomic E-state index is 0.0898. The minimum Gasteiger partial charge on any atom is -0.497 e. The number of aliphatic imine (C=N–C) groups is 1. The molecule has 1 aliphatic heterocycles. The van der Waals surface area contributed by atoms with Gasteiger partial charge in [-0.05, 0) is 55.5 Å². The summed E-state index contributed by atoms with van der Waals surface area (Å²) in [6.07, 6.45) is 5.12. The maximum absolute atomic E-state index is 6.11. The van der Waals surface area contributed by atoms with Gasteiger partial charge in [-0.3, -0.25) is 4.99 Å². The van der Waals surface area contributed by atoms with Crippen LogP contribution in [0.5, 0.6) is 11.5 Å². The number of rotatable bonds is 6. The van der Waals surface area contributed by atoms with Crippen molar-refractivity contribution in [1.29, 1.82) is 0 Å². The Labute approximate surface area is 171 Å². The second-order valence-corrected chi connectivity index (χ2v) is 7.92. The molecule has 1 saturated carbocycles. The number of ether oxygens (including phenoxy) is 2. The third kappa shape index (κ3) is 3.83. The Morgan fingerprint density at radius 2 is 1.86 bits per heavy atom. The zero-order chi connectivity index (χ0) is 19.5. The van der Waals surface area contributed by atoms with Gasteiger partial charge >= 0.3 is 0 Å². The zero-order valence-corrected chi connectivity index (χ0v) is 17.2. The van der Waals surface area contributed by atoms with E-state index in [2.05, 4.69) is 17.4 Å². The van der Waals surface area contributed by atoms with Gasteiger partial charge in [-0.25, -0.2) is 0 Å². The van der Waals surface area contributed by atoms with E-state index in [9.17, 15) is 0 Å². The van der Waals surface area contributed by atoms with Crippen LogP contribution in [0.4, 0.5) is 0 Å². The molecule has 1 heterocycles. The van der Waals surface area contributed by atoms with Crippen molar-refractivity contribution in [3.63, 3.8) is 0 Å². The van der Waals surface area contributed by atoms with Crippen LogP contribution in [0, 0.1) is 5.92 Å². The third-order valence-electron chi connectivity index (χ3n) is 5.77. The Morgan fingerprint density at radius 1 is 1.11 bits per heavy atom. The smallest absolute Gasteiger partial charge is 0.133 e. The van der Waals surface area contributed by atoms with Crippen LogP contribution < -0.4 is 14.8 Å². The summed E-state index contributed by atoms with van der Waals surface area (Å²) in [7, 11) is 1.67. The highest BCUT2D eigenvalue weighted by Gasteiger charge is 2.38. The molecule has 0 unspecified atom stereocenters. The first-order valence-electron chi connectivity index (χ1n) is 10.1. The van der Waals surface area contributed by atoms with Crippen molar-refractivity contribution in [3.8, 4) is 11.5 Å². The quantitative estimate of drug-likeness (QED) is 0.708. The maximum Gasteiger partial charge on any atom is 0.133 e. The molecule has 2 aromatic rings. The number of hydrogen-bond acceptors (Lipinski definition) is 4. The highest BCUT2D eigenvalue weighted by molar-refractivity contribution is 6.30. The second-order valence-electron chi connectivity index (χ2n) is 7.48. The minimum atomic E-state index is 0.0898. The van der Waals surface area contributed by atoms with Gasteiger partial charge in [0.05, 0.1) is 31.4 Å². The predicted molar refractivity (Wildman–Crippen MR) is 114 cm³/mol. The molecule has 1 fully saturated rings. The Balaban J connectivity index is 1.71. The second kappa shape index (κ2) is 8.44. The maximum atomic E-state index is 6.11. The van der Waals surface area contributed by atoms with Crippen LogP contribution in [0.3, 0.4) is 0 Å². The molecule has 0 radical (unpaired) electrons. The molecule has 5 heteroatoms. The van der Waals surface area contributed by atoms with Gasteiger partial charge in [0.15, 0.2) is 0 Å². The van der Waals surface area contributed by atoms with Crippen LogP contribution in [0.2, 0.25) is 5.02 Å². The number of amidine groups is 1. The first kappa shape index (κ1) is 19.1. The molecular weight excluding hydrogens is 372 g/mol. The van der Waals surface area contributed by atoms with E-state index in [4.69, 9.17) is 26.1 Å². The fraction of sp³-hybridized carbons (Fsp3) is 0.435. The lowest BCUT2D eigenvalue weighted by Crippen LogP contribution is -2.37. The first-order chi connectivity index (χ1) is 13.7. The molecule has 4 rings (SSSR count). The molecule has 1 N–H and O–H groups in total. The Kier molecular flexibility index (Phi) is 5.77. The van der Waals surface area contributed by atoms with Gasteiger partial charge in [0.25, 0.3) is 0 Å². The van der Waals surface area contributed by atoms with Crippen molar-refractivity contribution in [2.24, 2.45) is 10.9 Å². The van der Waals surface area contributed by atoms with Crippen molar-refractivity contribution < 1.29 is 9.47 Å². The number of benzene rings is 2. The van der Waals surface area contributed by atoms with E-state index < -0.39 is 0 Å². The van der Waals surface area contributed by atoms with E-state index in [0.717, 1.165) is 27.9 Å². The van der Waals surface area contributed by atoms with Crippen LogP contribution >= 0.6 is 11.6 Å². The van der Waals surface area contributed by atoms with Gasteiger partial charge in [0.1, 0.15) is 17.3 Å². The van der Waals surface area contributed by atoms with E-state index in [0.29, 0.717) is 18.6 Å². The molecule has 2 aliphatic rings. The standard InChI is InChI=1S/C23H27ClN2O2/c1-3-28-20-14-18(27-2)12-13-19(20)23-25-21(15-6-4-5-7-15)22(26-23)16-8-10-17(24)11-9-16/h8-15,21-22H,3-7H2,1-2H3,(H,25,26)/t21-,22+/m1/s1. The molecule has 0 spiro atoms. The lowest BCUT2D eigenvalue weighted by molar-refractivity contribution is 0.335. The lowest BCUT2D eigenvalue weighted by Gasteiger charge is -2.25. The van der Waals surface area contributed by atoms with Gasteiger partial charge in [0, 0.05) is 11.1 Å². The molecule has 4 nitrogen and oxygen atoms in total. The van der Waals surface area contributed by atoms with Gasteiger partial charge < -0.3 is 14.8 Å². The fourth-order valence-electron chi connectivity index (χ4n) is 4.37. The summed E-state index contributed by atoms with van der Waals surface area (Å²) in [6.45, 7) is 2.59. The molecule has 2 atom stereocenters. The summed E-state index contributed by atoms with van der Waals surface area (Å²) in [5, 5.41) is 4.50. The number of hydrogen-bond donors (Lipinski definition) is 1. The van der Waals surface area contributed by atoms with Crippen LogP contribution in [-0.2, 0) is 0 Å². The highest BCUT2D eigenvalue weighted by Crippen LogP contribution is 2.39. The molecule has 148 valence electrons. The van der Waals surface area contributed by atoms with Crippen molar-refractivity contribution >= 4 is 17.4 Å². The molecule has 0 bridgehead atoms. The summed E-state index contributed by atoms with van der Waals surface area (Å²) in [6, 6.07) is 14.4. The summed E-state index contributed by atoms with van der Waals surface area (Å²) >= 11 is 6.11. The molecule has 0 aromatic heterocycles. The van der Waals surface area contributed by atoms with Crippen molar-refractivity contribution in [3.05, 3.63) is 58.6 Å². The topological polar surface area (TPSA) is 42.9 Å². The monoisotopic (exact) mass is 398 g/mol. The number of methoxy groups -OCH3 is 1. The fourth-order valence-corrected chi connectivity index (χ4v) is 4.50. The van der Waals surface area contributed by atoms with Gasteiger partial charge in [0.2, 0.25) is 0 Å².